The Morgan fingerprint density at radius 3 is 1.62 bits per heavy atom. The highest BCUT2D eigenvalue weighted by molar-refractivity contribution is 5.80. The van der Waals surface area contributed by atoms with E-state index in [-0.39, 0.29) is 49.4 Å². The molecule has 0 saturated carbocycles. The van der Waals surface area contributed by atoms with Gasteiger partial charge in [-0.3, -0.25) is 9.59 Å². The van der Waals surface area contributed by atoms with Crippen molar-refractivity contribution in [1.29, 1.82) is 0 Å². The van der Waals surface area contributed by atoms with Crippen LogP contribution in [0.2, 0.25) is 0 Å². The van der Waals surface area contributed by atoms with Gasteiger partial charge in [0.1, 0.15) is 5.78 Å². The summed E-state index contributed by atoms with van der Waals surface area (Å²) in [4.78, 5) is 31.9. The number of hydrogen-bond acceptors (Lipinski definition) is 6. The van der Waals surface area contributed by atoms with E-state index in [1.54, 1.807) is 27.7 Å². The molecule has 0 aromatic carbocycles. The molecule has 21 heavy (non-hydrogen) atoms. The summed E-state index contributed by atoms with van der Waals surface area (Å²) in [5, 5.41) is 8.34. The predicted molar refractivity (Wildman–Crippen MR) is 78.7 cm³/mol. The molecule has 0 unspecified atom stereocenters. The van der Waals surface area contributed by atoms with Crippen LogP contribution >= 0.6 is 0 Å². The Kier molecular flexibility index (Phi) is 14.1. The fourth-order valence-corrected chi connectivity index (χ4v) is 1.15. The van der Waals surface area contributed by atoms with Gasteiger partial charge in [0, 0.05) is 19.4 Å². The molecule has 0 aliphatic heterocycles. The molecule has 0 bridgehead atoms. The third kappa shape index (κ3) is 21.0. The normalized spacial score (nSPS) is 9.90. The van der Waals surface area contributed by atoms with Gasteiger partial charge >= 0.3 is 11.9 Å². The minimum absolute atomic E-state index is 0.0192. The van der Waals surface area contributed by atoms with E-state index in [9.17, 15) is 14.4 Å². The van der Waals surface area contributed by atoms with E-state index in [2.05, 4.69) is 0 Å². The zero-order valence-electron chi connectivity index (χ0n) is 13.7. The van der Waals surface area contributed by atoms with Crippen molar-refractivity contribution in [2.24, 2.45) is 0 Å². The first kappa shape index (κ1) is 21.9. The zero-order chi connectivity index (χ0) is 16.8. The molecule has 0 aromatic heterocycles. The number of hydrogen-bond donors (Lipinski definition) is 1. The van der Waals surface area contributed by atoms with E-state index in [0.717, 1.165) is 0 Å². The van der Waals surface area contributed by atoms with Crippen molar-refractivity contribution in [3.8, 4) is 0 Å². The highest BCUT2D eigenvalue weighted by atomic mass is 16.5. The molecule has 0 aromatic rings. The van der Waals surface area contributed by atoms with Crippen molar-refractivity contribution in [2.75, 3.05) is 6.61 Å². The monoisotopic (exact) mass is 304 g/mol. The van der Waals surface area contributed by atoms with E-state index in [0.29, 0.717) is 12.8 Å². The highest BCUT2D eigenvalue weighted by Gasteiger charge is 2.06. The molecule has 6 nitrogen and oxygen atoms in total. The van der Waals surface area contributed by atoms with E-state index < -0.39 is 0 Å². The summed E-state index contributed by atoms with van der Waals surface area (Å²) >= 11 is 0. The number of esters is 2. The summed E-state index contributed by atoms with van der Waals surface area (Å²) in [6.07, 6.45) is 1.15. The topological polar surface area (TPSA) is 89.9 Å². The summed E-state index contributed by atoms with van der Waals surface area (Å²) in [5.41, 5.74) is 0. The van der Waals surface area contributed by atoms with Crippen LogP contribution in [0.4, 0.5) is 0 Å². The number of carbonyl (C=O) groups excluding carboxylic acids is 3. The van der Waals surface area contributed by atoms with Crippen molar-refractivity contribution in [3.05, 3.63) is 0 Å². The molecule has 0 saturated heterocycles. The average Bonchev–Trinajstić information content (AvgIpc) is 2.33. The molecule has 0 aliphatic carbocycles. The molecule has 124 valence electrons. The Morgan fingerprint density at radius 1 is 0.857 bits per heavy atom. The molecule has 0 amide bonds. The maximum Gasteiger partial charge on any atom is 0.306 e. The summed E-state index contributed by atoms with van der Waals surface area (Å²) < 4.78 is 9.61. The van der Waals surface area contributed by atoms with E-state index in [1.807, 2.05) is 0 Å². The second kappa shape index (κ2) is 13.5. The minimum atomic E-state index is -0.296. The number of Topliss-reactive ketones (excluding diaryl/α,β-unsaturated/α-hetero) is 1. The lowest BCUT2D eigenvalue weighted by Crippen LogP contribution is -2.11. The molecule has 6 heteroatoms. The lowest BCUT2D eigenvalue weighted by atomic mass is 10.2. The average molecular weight is 304 g/mol. The van der Waals surface area contributed by atoms with Crippen molar-refractivity contribution in [2.45, 2.75) is 72.5 Å². The van der Waals surface area contributed by atoms with Gasteiger partial charge in [0.25, 0.3) is 0 Å². The number of rotatable bonds is 8. The van der Waals surface area contributed by atoms with E-state index in [4.69, 9.17) is 14.6 Å². The second-order valence-corrected chi connectivity index (χ2v) is 5.11. The number of aliphatic hydroxyl groups excluding tert-OH is 1. The lowest BCUT2D eigenvalue weighted by molar-refractivity contribution is -0.148. The minimum Gasteiger partial charge on any atom is -0.463 e. The molecule has 0 fully saturated rings. The van der Waals surface area contributed by atoms with Gasteiger partial charge in [0.15, 0.2) is 0 Å². The summed E-state index contributed by atoms with van der Waals surface area (Å²) in [7, 11) is 0. The van der Waals surface area contributed by atoms with Gasteiger partial charge in [-0.1, -0.05) is 0 Å². The molecular weight excluding hydrogens is 276 g/mol. The van der Waals surface area contributed by atoms with Crippen LogP contribution in [0.5, 0.6) is 0 Å². The van der Waals surface area contributed by atoms with Crippen LogP contribution in [0.25, 0.3) is 0 Å². The largest absolute Gasteiger partial charge is 0.463 e. The second-order valence-electron chi connectivity index (χ2n) is 5.11. The van der Waals surface area contributed by atoms with Crippen LogP contribution in [-0.2, 0) is 23.9 Å². The standard InChI is InChI=1S/C8H14O3.C7H14O3/c1-6(2)11-8(10)5-4-7(3)9;1-6(2)10-7(9)4-3-5-8/h6H,4-5H2,1-3H3;6,8H,3-5H2,1-2H3. The molecule has 0 aliphatic rings. The Hall–Kier alpha value is -1.43. The van der Waals surface area contributed by atoms with Crippen molar-refractivity contribution in [3.63, 3.8) is 0 Å². The van der Waals surface area contributed by atoms with Crippen molar-refractivity contribution in [1.82, 2.24) is 0 Å². The molecule has 1 N–H and O–H groups in total. The smallest absolute Gasteiger partial charge is 0.306 e. The third-order valence-electron chi connectivity index (χ3n) is 1.95. The number of ether oxygens (including phenoxy) is 2. The number of ketones is 1. The summed E-state index contributed by atoms with van der Waals surface area (Å²) in [5.74, 6) is -0.509. The molecular formula is C15H28O6. The fourth-order valence-electron chi connectivity index (χ4n) is 1.15. The summed E-state index contributed by atoms with van der Waals surface area (Å²) in [6.45, 7) is 8.68. The molecule has 0 atom stereocenters. The van der Waals surface area contributed by atoms with E-state index in [1.165, 1.54) is 6.92 Å². The Bertz CT molecular complexity index is 309. The van der Waals surface area contributed by atoms with Gasteiger partial charge in [-0.2, -0.15) is 0 Å². The number of aliphatic hydroxyl groups is 1. The first-order valence-corrected chi connectivity index (χ1v) is 7.18. The molecule has 0 heterocycles. The van der Waals surface area contributed by atoms with Gasteiger partial charge in [0.2, 0.25) is 0 Å². The maximum atomic E-state index is 10.8. The quantitative estimate of drug-likeness (QED) is 0.690. The van der Waals surface area contributed by atoms with Gasteiger partial charge in [-0.25, -0.2) is 0 Å². The first-order chi connectivity index (χ1) is 9.68. The number of carbonyl (C=O) groups is 3. The molecule has 0 rings (SSSR count). The fraction of sp³-hybridized carbons (Fsp3) is 0.800. The molecule has 0 radical (unpaired) electrons. The lowest BCUT2D eigenvalue weighted by Gasteiger charge is -2.06. The van der Waals surface area contributed by atoms with Crippen LogP contribution in [0.15, 0.2) is 0 Å². The van der Waals surface area contributed by atoms with Crippen LogP contribution in [0, 0.1) is 0 Å². The Balaban J connectivity index is 0. The van der Waals surface area contributed by atoms with Gasteiger partial charge in [-0.15, -0.1) is 0 Å². The SMILES string of the molecule is CC(=O)CCC(=O)OC(C)C.CC(C)OC(=O)CCCO. The van der Waals surface area contributed by atoms with E-state index >= 15 is 0 Å². The third-order valence-corrected chi connectivity index (χ3v) is 1.95. The molecule has 0 spiro atoms. The predicted octanol–water partition coefficient (Wildman–Crippen LogP) is 2.02. The summed E-state index contributed by atoms with van der Waals surface area (Å²) in [6, 6.07) is 0. The van der Waals surface area contributed by atoms with Crippen LogP contribution in [-0.4, -0.2) is 41.6 Å². The Morgan fingerprint density at radius 2 is 1.29 bits per heavy atom. The van der Waals surface area contributed by atoms with Gasteiger partial charge < -0.3 is 19.4 Å². The van der Waals surface area contributed by atoms with Crippen LogP contribution in [0.1, 0.15) is 60.3 Å². The van der Waals surface area contributed by atoms with Crippen molar-refractivity contribution < 1.29 is 29.0 Å². The van der Waals surface area contributed by atoms with Crippen LogP contribution in [0.3, 0.4) is 0 Å². The zero-order valence-corrected chi connectivity index (χ0v) is 13.7. The first-order valence-electron chi connectivity index (χ1n) is 7.18. The Labute approximate surface area is 126 Å². The van der Waals surface area contributed by atoms with Crippen molar-refractivity contribution >= 4 is 17.7 Å². The maximum absolute atomic E-state index is 10.8. The van der Waals surface area contributed by atoms with Gasteiger partial charge in [-0.05, 0) is 41.0 Å². The van der Waals surface area contributed by atoms with Crippen LogP contribution < -0.4 is 0 Å². The van der Waals surface area contributed by atoms with Gasteiger partial charge in [0.05, 0.1) is 18.6 Å². The highest BCUT2D eigenvalue weighted by Crippen LogP contribution is 1.97.